The van der Waals surface area contributed by atoms with Gasteiger partial charge in [0.05, 0.1) is 23.1 Å². The van der Waals surface area contributed by atoms with Crippen LogP contribution < -0.4 is 10.6 Å². The molecule has 7 heteroatoms. The maximum Gasteiger partial charge on any atom is 0.129 e. The van der Waals surface area contributed by atoms with Gasteiger partial charge in [-0.3, -0.25) is 15.1 Å². The summed E-state index contributed by atoms with van der Waals surface area (Å²) in [4.78, 5) is 16.0. The maximum absolute atomic E-state index is 5.73. The molecular formula is C22H23N7. The summed E-state index contributed by atoms with van der Waals surface area (Å²) >= 11 is 0. The van der Waals surface area contributed by atoms with Gasteiger partial charge >= 0.3 is 0 Å². The van der Waals surface area contributed by atoms with E-state index in [9.17, 15) is 0 Å². The molecule has 1 saturated heterocycles. The topological polar surface area (TPSA) is 96.6 Å². The van der Waals surface area contributed by atoms with E-state index in [0.29, 0.717) is 5.92 Å². The standard InChI is InChI=1S/C22H23N7/c23-8-6-15-7-10-29(14-15)21-5-1-4-18(26-21)22-17-11-19(16-3-2-9-24-12-16)25-13-20(17)27-28-22/h1-5,9,11-13,15H,6-8,10,14,23H2,(H,27,28). The first kappa shape index (κ1) is 17.8. The molecule has 0 aromatic carbocycles. The average Bonchev–Trinajstić information content (AvgIpc) is 3.41. The summed E-state index contributed by atoms with van der Waals surface area (Å²) < 4.78 is 0. The number of pyridine rings is 3. The second-order valence-electron chi connectivity index (χ2n) is 7.49. The van der Waals surface area contributed by atoms with E-state index in [-0.39, 0.29) is 0 Å². The zero-order chi connectivity index (χ0) is 19.6. The minimum Gasteiger partial charge on any atom is -0.356 e. The molecule has 1 atom stereocenters. The van der Waals surface area contributed by atoms with E-state index in [0.717, 1.165) is 65.4 Å². The van der Waals surface area contributed by atoms with Crippen LogP contribution in [0.1, 0.15) is 12.8 Å². The van der Waals surface area contributed by atoms with Crippen LogP contribution in [0.3, 0.4) is 0 Å². The van der Waals surface area contributed by atoms with E-state index >= 15 is 0 Å². The van der Waals surface area contributed by atoms with Crippen molar-refractivity contribution in [1.29, 1.82) is 0 Å². The lowest BCUT2D eigenvalue weighted by atomic mass is 10.1. The molecule has 29 heavy (non-hydrogen) atoms. The van der Waals surface area contributed by atoms with Crippen molar-refractivity contribution < 1.29 is 0 Å². The van der Waals surface area contributed by atoms with Gasteiger partial charge in [0.1, 0.15) is 11.5 Å². The van der Waals surface area contributed by atoms with Gasteiger partial charge in [0, 0.05) is 36.4 Å². The number of H-pyrrole nitrogens is 1. The predicted octanol–water partition coefficient (Wildman–Crippen LogP) is 3.26. The summed E-state index contributed by atoms with van der Waals surface area (Å²) in [6.45, 7) is 2.79. The third kappa shape index (κ3) is 3.45. The number of aromatic nitrogens is 5. The molecular weight excluding hydrogens is 362 g/mol. The molecule has 1 aliphatic rings. The Balaban J connectivity index is 1.50. The fourth-order valence-electron chi connectivity index (χ4n) is 4.03. The number of hydrogen-bond acceptors (Lipinski definition) is 6. The summed E-state index contributed by atoms with van der Waals surface area (Å²) in [5, 5.41) is 8.62. The van der Waals surface area contributed by atoms with Gasteiger partial charge in [-0.2, -0.15) is 5.10 Å². The van der Waals surface area contributed by atoms with Gasteiger partial charge in [0.25, 0.3) is 0 Å². The van der Waals surface area contributed by atoms with Crippen molar-refractivity contribution in [3.05, 3.63) is 55.0 Å². The molecule has 4 aromatic heterocycles. The number of nitrogens with two attached hydrogens (primary N) is 1. The average molecular weight is 385 g/mol. The van der Waals surface area contributed by atoms with Gasteiger partial charge < -0.3 is 10.6 Å². The van der Waals surface area contributed by atoms with Crippen LogP contribution in [-0.2, 0) is 0 Å². The Kier molecular flexibility index (Phi) is 4.65. The van der Waals surface area contributed by atoms with Gasteiger partial charge in [-0.15, -0.1) is 0 Å². The molecule has 0 amide bonds. The van der Waals surface area contributed by atoms with Crippen LogP contribution in [0, 0.1) is 5.92 Å². The van der Waals surface area contributed by atoms with Crippen molar-refractivity contribution in [2.24, 2.45) is 11.7 Å². The molecule has 0 aliphatic carbocycles. The van der Waals surface area contributed by atoms with Crippen molar-refractivity contribution in [2.75, 3.05) is 24.5 Å². The first-order valence-electron chi connectivity index (χ1n) is 9.99. The number of nitrogens with one attached hydrogen (secondary N) is 1. The first-order valence-corrected chi connectivity index (χ1v) is 9.99. The van der Waals surface area contributed by atoms with Crippen LogP contribution in [0.25, 0.3) is 33.5 Å². The Morgan fingerprint density at radius 1 is 1.14 bits per heavy atom. The Bertz CT molecular complexity index is 1120. The molecule has 1 unspecified atom stereocenters. The highest BCUT2D eigenvalue weighted by atomic mass is 15.2. The van der Waals surface area contributed by atoms with Crippen molar-refractivity contribution >= 4 is 16.7 Å². The molecule has 0 radical (unpaired) electrons. The molecule has 1 aliphatic heterocycles. The lowest BCUT2D eigenvalue weighted by Gasteiger charge is -2.18. The number of fused-ring (bicyclic) bond motifs is 1. The Labute approximate surface area is 169 Å². The zero-order valence-corrected chi connectivity index (χ0v) is 16.1. The van der Waals surface area contributed by atoms with Crippen LogP contribution >= 0.6 is 0 Å². The lowest BCUT2D eigenvalue weighted by molar-refractivity contribution is 0.546. The first-order chi connectivity index (χ1) is 14.3. The van der Waals surface area contributed by atoms with Crippen molar-refractivity contribution in [2.45, 2.75) is 12.8 Å². The largest absolute Gasteiger partial charge is 0.356 e. The van der Waals surface area contributed by atoms with E-state index < -0.39 is 0 Å². The second kappa shape index (κ2) is 7.60. The molecule has 5 rings (SSSR count). The monoisotopic (exact) mass is 385 g/mol. The molecule has 0 spiro atoms. The Hall–Kier alpha value is -3.32. The lowest BCUT2D eigenvalue weighted by Crippen LogP contribution is -2.21. The fourth-order valence-corrected chi connectivity index (χ4v) is 4.03. The normalized spacial score (nSPS) is 16.6. The SMILES string of the molecule is NCCC1CCN(c2cccc(-c3n[nH]c4cnc(-c5cccnc5)cc34)n2)C1. The summed E-state index contributed by atoms with van der Waals surface area (Å²) in [6.07, 6.45) is 7.64. The van der Waals surface area contributed by atoms with Crippen LogP contribution in [0.5, 0.6) is 0 Å². The third-order valence-corrected chi connectivity index (χ3v) is 5.57. The summed E-state index contributed by atoms with van der Waals surface area (Å²) in [5.74, 6) is 1.66. The zero-order valence-electron chi connectivity index (χ0n) is 16.1. The van der Waals surface area contributed by atoms with E-state index in [2.05, 4.69) is 37.2 Å². The van der Waals surface area contributed by atoms with Crippen molar-refractivity contribution in [3.8, 4) is 22.6 Å². The van der Waals surface area contributed by atoms with Gasteiger partial charge in [-0.05, 0) is 55.6 Å². The molecule has 4 aromatic rings. The summed E-state index contributed by atoms with van der Waals surface area (Å²) in [6, 6.07) is 12.1. The maximum atomic E-state index is 5.73. The quantitative estimate of drug-likeness (QED) is 0.547. The molecule has 3 N–H and O–H groups in total. The number of aromatic amines is 1. The summed E-state index contributed by atoms with van der Waals surface area (Å²) in [7, 11) is 0. The minimum atomic E-state index is 0.657. The van der Waals surface area contributed by atoms with Crippen molar-refractivity contribution in [1.82, 2.24) is 25.1 Å². The third-order valence-electron chi connectivity index (χ3n) is 5.57. The Morgan fingerprint density at radius 2 is 2.10 bits per heavy atom. The smallest absolute Gasteiger partial charge is 0.129 e. The Morgan fingerprint density at radius 3 is 2.97 bits per heavy atom. The van der Waals surface area contributed by atoms with E-state index in [1.165, 1.54) is 6.42 Å². The summed E-state index contributed by atoms with van der Waals surface area (Å²) in [5.41, 5.74) is 10.2. The minimum absolute atomic E-state index is 0.657. The molecule has 146 valence electrons. The molecule has 0 saturated carbocycles. The second-order valence-corrected chi connectivity index (χ2v) is 7.49. The molecule has 5 heterocycles. The van der Waals surface area contributed by atoms with Crippen LogP contribution in [0.15, 0.2) is 55.0 Å². The number of rotatable bonds is 5. The number of nitrogens with zero attached hydrogens (tertiary/aromatic N) is 5. The van der Waals surface area contributed by atoms with E-state index in [1.54, 1.807) is 6.20 Å². The van der Waals surface area contributed by atoms with E-state index in [1.807, 2.05) is 36.7 Å². The van der Waals surface area contributed by atoms with Gasteiger partial charge in [-0.25, -0.2) is 4.98 Å². The number of hydrogen-bond donors (Lipinski definition) is 2. The molecule has 0 bridgehead atoms. The highest BCUT2D eigenvalue weighted by Crippen LogP contribution is 2.30. The van der Waals surface area contributed by atoms with Gasteiger partial charge in [0.15, 0.2) is 0 Å². The van der Waals surface area contributed by atoms with Gasteiger partial charge in [-0.1, -0.05) is 6.07 Å². The highest BCUT2D eigenvalue weighted by molar-refractivity contribution is 5.93. The van der Waals surface area contributed by atoms with Crippen LogP contribution in [0.4, 0.5) is 5.82 Å². The van der Waals surface area contributed by atoms with E-state index in [4.69, 9.17) is 10.7 Å². The molecule has 7 nitrogen and oxygen atoms in total. The van der Waals surface area contributed by atoms with Crippen LogP contribution in [0.2, 0.25) is 0 Å². The number of anilines is 1. The molecule has 1 fully saturated rings. The predicted molar refractivity (Wildman–Crippen MR) is 114 cm³/mol. The fraction of sp³-hybridized carbons (Fsp3) is 0.273. The van der Waals surface area contributed by atoms with Crippen LogP contribution in [-0.4, -0.2) is 44.8 Å². The highest BCUT2D eigenvalue weighted by Gasteiger charge is 2.23. The van der Waals surface area contributed by atoms with Crippen molar-refractivity contribution in [3.63, 3.8) is 0 Å². The van der Waals surface area contributed by atoms with Gasteiger partial charge in [0.2, 0.25) is 0 Å².